The molecule has 4 rings (SSSR count). The van der Waals surface area contributed by atoms with Gasteiger partial charge in [0.25, 0.3) is 0 Å². The predicted molar refractivity (Wildman–Crippen MR) is 103 cm³/mol. The zero-order chi connectivity index (χ0) is 20.6. The van der Waals surface area contributed by atoms with Gasteiger partial charge < -0.3 is 14.6 Å². The first kappa shape index (κ1) is 19.1. The minimum absolute atomic E-state index is 0.166. The van der Waals surface area contributed by atoms with Gasteiger partial charge in [-0.25, -0.2) is 13.8 Å². The lowest BCUT2D eigenvalue weighted by atomic mass is 9.94. The molecule has 3 aromatic rings. The molecule has 0 bridgehead atoms. The molecule has 1 fully saturated rings. The maximum Gasteiger partial charge on any atom is 0.231 e. The van der Waals surface area contributed by atoms with E-state index in [0.29, 0.717) is 11.4 Å². The fourth-order valence-corrected chi connectivity index (χ4v) is 3.60. The Hall–Kier alpha value is -3.22. The van der Waals surface area contributed by atoms with Crippen LogP contribution < -0.4 is 10.1 Å². The predicted octanol–water partition coefficient (Wildman–Crippen LogP) is 3.64. The third-order valence-corrected chi connectivity index (χ3v) is 5.50. The number of imidazole rings is 1. The second-order valence-electron chi connectivity index (χ2n) is 7.29. The van der Waals surface area contributed by atoms with Gasteiger partial charge in [-0.3, -0.25) is 4.79 Å². The van der Waals surface area contributed by atoms with Gasteiger partial charge in [0.2, 0.25) is 5.91 Å². The SMILES string of the molecule is COc1ccc(C2(C(=O)N[C@H](c3ccc(F)c(F)c3)c3nccn3C)CC2)cc1. The van der Waals surface area contributed by atoms with Crippen molar-refractivity contribution in [3.8, 4) is 5.75 Å². The number of amides is 1. The summed E-state index contributed by atoms with van der Waals surface area (Å²) < 4.78 is 34.3. The number of nitrogens with one attached hydrogen (secondary N) is 1. The number of ether oxygens (including phenoxy) is 1. The van der Waals surface area contributed by atoms with Gasteiger partial charge >= 0.3 is 0 Å². The van der Waals surface area contributed by atoms with E-state index in [1.54, 1.807) is 31.1 Å². The van der Waals surface area contributed by atoms with Crippen molar-refractivity contribution in [3.05, 3.63) is 83.4 Å². The van der Waals surface area contributed by atoms with E-state index in [1.807, 2.05) is 24.3 Å². The number of carbonyl (C=O) groups is 1. The molecule has 0 aliphatic heterocycles. The lowest BCUT2D eigenvalue weighted by Crippen LogP contribution is -2.38. The van der Waals surface area contributed by atoms with Crippen LogP contribution in [0.5, 0.6) is 5.75 Å². The molecular weight excluding hydrogens is 376 g/mol. The molecule has 1 amide bonds. The number of benzene rings is 2. The molecule has 0 radical (unpaired) electrons. The minimum atomic E-state index is -0.966. The molecule has 1 aliphatic rings. The van der Waals surface area contributed by atoms with E-state index < -0.39 is 23.1 Å². The first-order chi connectivity index (χ1) is 13.9. The normalized spacial score (nSPS) is 15.6. The van der Waals surface area contributed by atoms with E-state index in [2.05, 4.69) is 10.3 Å². The molecule has 1 N–H and O–H groups in total. The van der Waals surface area contributed by atoms with Crippen molar-refractivity contribution in [2.24, 2.45) is 7.05 Å². The Morgan fingerprint density at radius 3 is 2.45 bits per heavy atom. The van der Waals surface area contributed by atoms with Crippen molar-refractivity contribution in [2.45, 2.75) is 24.3 Å². The van der Waals surface area contributed by atoms with E-state index in [1.165, 1.54) is 6.07 Å². The van der Waals surface area contributed by atoms with Crippen molar-refractivity contribution < 1.29 is 18.3 Å². The molecule has 1 aromatic heterocycles. The summed E-state index contributed by atoms with van der Waals surface area (Å²) in [5, 5.41) is 3.01. The first-order valence-corrected chi connectivity index (χ1v) is 9.32. The van der Waals surface area contributed by atoms with Gasteiger partial charge in [-0.15, -0.1) is 0 Å². The number of carbonyl (C=O) groups excluding carboxylic acids is 1. The maximum atomic E-state index is 13.9. The van der Waals surface area contributed by atoms with Crippen LogP contribution in [0, 0.1) is 11.6 Å². The summed E-state index contributed by atoms with van der Waals surface area (Å²) in [6, 6.07) is 10.4. The molecule has 150 valence electrons. The summed E-state index contributed by atoms with van der Waals surface area (Å²) in [4.78, 5) is 17.6. The molecular formula is C22H21F2N3O2. The Balaban J connectivity index is 1.66. The third-order valence-electron chi connectivity index (χ3n) is 5.50. The monoisotopic (exact) mass is 397 g/mol. The average Bonchev–Trinajstić information content (AvgIpc) is 3.44. The molecule has 1 aliphatic carbocycles. The van der Waals surface area contributed by atoms with Crippen LogP contribution >= 0.6 is 0 Å². The van der Waals surface area contributed by atoms with Crippen molar-refractivity contribution in [2.75, 3.05) is 7.11 Å². The lowest BCUT2D eigenvalue weighted by Gasteiger charge is -2.23. The fraction of sp³-hybridized carbons (Fsp3) is 0.273. The highest BCUT2D eigenvalue weighted by molar-refractivity contribution is 5.91. The molecule has 0 spiro atoms. The second-order valence-corrected chi connectivity index (χ2v) is 7.29. The number of nitrogens with zero attached hydrogens (tertiary/aromatic N) is 2. The van der Waals surface area contributed by atoms with Crippen LogP contribution in [-0.2, 0) is 17.3 Å². The molecule has 1 atom stereocenters. The van der Waals surface area contributed by atoms with Gasteiger partial charge in [0, 0.05) is 19.4 Å². The molecule has 1 heterocycles. The van der Waals surface area contributed by atoms with Crippen LogP contribution in [0.2, 0.25) is 0 Å². The quantitative estimate of drug-likeness (QED) is 0.691. The molecule has 7 heteroatoms. The number of hydrogen-bond donors (Lipinski definition) is 1. The smallest absolute Gasteiger partial charge is 0.231 e. The van der Waals surface area contributed by atoms with Gasteiger partial charge in [0.15, 0.2) is 11.6 Å². The van der Waals surface area contributed by atoms with Crippen molar-refractivity contribution in [1.29, 1.82) is 0 Å². The molecule has 5 nitrogen and oxygen atoms in total. The van der Waals surface area contributed by atoms with E-state index in [9.17, 15) is 13.6 Å². The summed E-state index contributed by atoms with van der Waals surface area (Å²) in [6.45, 7) is 0. The molecule has 1 saturated carbocycles. The van der Waals surface area contributed by atoms with Gasteiger partial charge in [-0.05, 0) is 48.2 Å². The number of aromatic nitrogens is 2. The highest BCUT2D eigenvalue weighted by Crippen LogP contribution is 2.49. The van der Waals surface area contributed by atoms with Crippen molar-refractivity contribution in [3.63, 3.8) is 0 Å². The van der Waals surface area contributed by atoms with Crippen molar-refractivity contribution >= 4 is 5.91 Å². The Labute approximate surface area is 167 Å². The fourth-order valence-electron chi connectivity index (χ4n) is 3.60. The number of methoxy groups -OCH3 is 1. The van der Waals surface area contributed by atoms with Gasteiger partial charge in [-0.2, -0.15) is 0 Å². The largest absolute Gasteiger partial charge is 0.497 e. The van der Waals surface area contributed by atoms with E-state index in [0.717, 1.165) is 36.3 Å². The molecule has 29 heavy (non-hydrogen) atoms. The van der Waals surface area contributed by atoms with Gasteiger partial charge in [-0.1, -0.05) is 18.2 Å². The maximum absolute atomic E-state index is 13.9. The molecule has 2 aromatic carbocycles. The van der Waals surface area contributed by atoms with Crippen molar-refractivity contribution in [1.82, 2.24) is 14.9 Å². The summed E-state index contributed by atoms with van der Waals surface area (Å²) in [5.41, 5.74) is 0.700. The van der Waals surface area contributed by atoms with E-state index in [4.69, 9.17) is 4.74 Å². The third kappa shape index (κ3) is 3.48. The van der Waals surface area contributed by atoms with Crippen LogP contribution in [-0.4, -0.2) is 22.6 Å². The summed E-state index contributed by atoms with van der Waals surface area (Å²) in [7, 11) is 3.38. The highest BCUT2D eigenvalue weighted by Gasteiger charge is 2.51. The number of halogens is 2. The van der Waals surface area contributed by atoms with E-state index >= 15 is 0 Å². The molecule has 0 saturated heterocycles. The Morgan fingerprint density at radius 2 is 1.90 bits per heavy atom. The summed E-state index contributed by atoms with van der Waals surface area (Å²) in [6.07, 6.45) is 4.78. The van der Waals surface area contributed by atoms with Crippen LogP contribution in [0.3, 0.4) is 0 Å². The Morgan fingerprint density at radius 1 is 1.17 bits per heavy atom. The van der Waals surface area contributed by atoms with Gasteiger partial charge in [0.05, 0.1) is 12.5 Å². The topological polar surface area (TPSA) is 56.1 Å². The standard InChI is InChI=1S/C22H21F2N3O2/c1-27-12-11-25-20(27)19(14-3-8-17(23)18(24)13-14)26-21(28)22(9-10-22)15-4-6-16(29-2)7-5-15/h3-8,11-13,19H,9-10H2,1-2H3,(H,26,28)/t19-/m1/s1. The zero-order valence-electron chi connectivity index (χ0n) is 16.2. The average molecular weight is 397 g/mol. The highest BCUT2D eigenvalue weighted by atomic mass is 19.2. The number of rotatable bonds is 6. The lowest BCUT2D eigenvalue weighted by molar-refractivity contribution is -0.124. The Bertz CT molecular complexity index is 1040. The second kappa shape index (κ2) is 7.31. The Kier molecular flexibility index (Phi) is 4.82. The first-order valence-electron chi connectivity index (χ1n) is 9.32. The molecule has 0 unspecified atom stereocenters. The van der Waals surface area contributed by atoms with Gasteiger partial charge in [0.1, 0.15) is 17.6 Å². The van der Waals surface area contributed by atoms with Crippen LogP contribution in [0.4, 0.5) is 8.78 Å². The van der Waals surface area contributed by atoms with Crippen LogP contribution in [0.25, 0.3) is 0 Å². The zero-order valence-corrected chi connectivity index (χ0v) is 16.2. The summed E-state index contributed by atoms with van der Waals surface area (Å²) >= 11 is 0. The van der Waals surface area contributed by atoms with Crippen LogP contribution in [0.1, 0.15) is 35.8 Å². The minimum Gasteiger partial charge on any atom is -0.497 e. The van der Waals surface area contributed by atoms with Crippen LogP contribution in [0.15, 0.2) is 54.9 Å². The summed E-state index contributed by atoms with van der Waals surface area (Å²) in [5.74, 6) is -0.810. The number of hydrogen-bond acceptors (Lipinski definition) is 3. The number of aryl methyl sites for hydroxylation is 1. The van der Waals surface area contributed by atoms with E-state index in [-0.39, 0.29) is 5.91 Å².